The molecule has 19 heavy (non-hydrogen) atoms. The predicted molar refractivity (Wildman–Crippen MR) is 70.6 cm³/mol. The van der Waals surface area contributed by atoms with Crippen molar-refractivity contribution in [3.05, 3.63) is 39.6 Å². The number of nitrogens with zero attached hydrogens (tertiary/aromatic N) is 4. The number of aryl methyl sites for hydroxylation is 3. The molecule has 7 heteroatoms. The van der Waals surface area contributed by atoms with Crippen LogP contribution in [-0.4, -0.2) is 24.7 Å². The lowest BCUT2D eigenvalue weighted by Crippen LogP contribution is -2.28. The van der Waals surface area contributed by atoms with Crippen LogP contribution in [0.5, 0.6) is 0 Å². The molecule has 0 saturated carbocycles. The Labute approximate surface area is 111 Å². The average Bonchev–Trinajstić information content (AvgIpc) is 2.70. The van der Waals surface area contributed by atoms with E-state index in [-0.39, 0.29) is 11.6 Å². The van der Waals surface area contributed by atoms with Crippen molar-refractivity contribution in [3.63, 3.8) is 0 Å². The van der Waals surface area contributed by atoms with Gasteiger partial charge in [0.15, 0.2) is 0 Å². The first-order chi connectivity index (χ1) is 8.99. The molecule has 0 bridgehead atoms. The molecule has 1 atom stereocenters. The van der Waals surface area contributed by atoms with Crippen molar-refractivity contribution in [1.29, 1.82) is 0 Å². The van der Waals surface area contributed by atoms with E-state index in [1.54, 1.807) is 13.3 Å². The van der Waals surface area contributed by atoms with E-state index in [2.05, 4.69) is 25.5 Å². The zero-order valence-electron chi connectivity index (χ0n) is 11.6. The Balaban J connectivity index is 2.15. The maximum absolute atomic E-state index is 12.0. The lowest BCUT2D eigenvalue weighted by molar-refractivity contribution is 0.539. The zero-order valence-corrected chi connectivity index (χ0v) is 11.6. The van der Waals surface area contributed by atoms with Gasteiger partial charge in [-0.05, 0) is 20.8 Å². The fraction of sp³-hybridized carbons (Fsp3) is 0.500. The first-order valence-corrected chi connectivity index (χ1v) is 6.12. The molecule has 0 amide bonds. The monoisotopic (exact) mass is 262 g/mol. The summed E-state index contributed by atoms with van der Waals surface area (Å²) in [6, 6.07) is -0.103. The molecular formula is C12H18N6O. The second-order valence-electron chi connectivity index (χ2n) is 4.61. The SMILES string of the molecule is Cc1nc(C)c(C(C)NCc2nncn2C)c(=O)[nH]1. The molecular weight excluding hydrogens is 244 g/mol. The summed E-state index contributed by atoms with van der Waals surface area (Å²) in [6.45, 7) is 6.10. The first kappa shape index (κ1) is 13.4. The molecule has 0 aliphatic heterocycles. The lowest BCUT2D eigenvalue weighted by atomic mass is 10.1. The molecule has 2 heterocycles. The van der Waals surface area contributed by atoms with E-state index in [0.717, 1.165) is 11.5 Å². The molecule has 2 aromatic heterocycles. The third kappa shape index (κ3) is 2.87. The Morgan fingerprint density at radius 3 is 2.79 bits per heavy atom. The van der Waals surface area contributed by atoms with Crippen LogP contribution >= 0.6 is 0 Å². The highest BCUT2D eigenvalue weighted by Crippen LogP contribution is 2.11. The highest BCUT2D eigenvalue weighted by molar-refractivity contribution is 5.20. The molecule has 0 saturated heterocycles. The molecule has 0 spiro atoms. The van der Waals surface area contributed by atoms with E-state index in [1.165, 1.54) is 0 Å². The Morgan fingerprint density at radius 1 is 1.47 bits per heavy atom. The summed E-state index contributed by atoms with van der Waals surface area (Å²) < 4.78 is 1.84. The summed E-state index contributed by atoms with van der Waals surface area (Å²) in [7, 11) is 1.88. The van der Waals surface area contributed by atoms with E-state index >= 15 is 0 Å². The average molecular weight is 262 g/mol. The predicted octanol–water partition coefficient (Wildman–Crippen LogP) is 0.366. The lowest BCUT2D eigenvalue weighted by Gasteiger charge is -2.15. The minimum Gasteiger partial charge on any atom is -0.320 e. The Hall–Kier alpha value is -2.02. The van der Waals surface area contributed by atoms with Gasteiger partial charge in [0, 0.05) is 18.8 Å². The second kappa shape index (κ2) is 5.31. The van der Waals surface area contributed by atoms with Crippen LogP contribution in [0.1, 0.15) is 35.9 Å². The van der Waals surface area contributed by atoms with Crippen molar-refractivity contribution < 1.29 is 0 Å². The fourth-order valence-electron chi connectivity index (χ4n) is 2.06. The van der Waals surface area contributed by atoms with E-state index in [9.17, 15) is 4.79 Å². The van der Waals surface area contributed by atoms with Crippen molar-refractivity contribution in [2.75, 3.05) is 0 Å². The summed E-state index contributed by atoms with van der Waals surface area (Å²) in [5, 5.41) is 11.1. The van der Waals surface area contributed by atoms with Crippen LogP contribution in [0.15, 0.2) is 11.1 Å². The van der Waals surface area contributed by atoms with Crippen LogP contribution in [0.25, 0.3) is 0 Å². The molecule has 0 aliphatic rings. The van der Waals surface area contributed by atoms with Crippen LogP contribution in [0.2, 0.25) is 0 Å². The third-order valence-electron chi connectivity index (χ3n) is 3.07. The molecule has 1 unspecified atom stereocenters. The summed E-state index contributed by atoms with van der Waals surface area (Å²) >= 11 is 0. The Kier molecular flexibility index (Phi) is 3.75. The molecule has 102 valence electrons. The molecule has 2 aromatic rings. The molecule has 0 fully saturated rings. The van der Waals surface area contributed by atoms with Gasteiger partial charge in [-0.15, -0.1) is 10.2 Å². The number of H-pyrrole nitrogens is 1. The van der Waals surface area contributed by atoms with Crippen LogP contribution in [0.4, 0.5) is 0 Å². The van der Waals surface area contributed by atoms with E-state index in [1.807, 2.05) is 25.5 Å². The summed E-state index contributed by atoms with van der Waals surface area (Å²) in [5.41, 5.74) is 1.31. The Morgan fingerprint density at radius 2 is 2.21 bits per heavy atom. The summed E-state index contributed by atoms with van der Waals surface area (Å²) in [4.78, 5) is 19.0. The number of nitrogens with one attached hydrogen (secondary N) is 2. The van der Waals surface area contributed by atoms with E-state index in [0.29, 0.717) is 17.9 Å². The van der Waals surface area contributed by atoms with Crippen LogP contribution < -0.4 is 10.9 Å². The smallest absolute Gasteiger partial charge is 0.255 e. The second-order valence-corrected chi connectivity index (χ2v) is 4.61. The largest absolute Gasteiger partial charge is 0.320 e. The molecule has 2 N–H and O–H groups in total. The number of rotatable bonds is 4. The minimum absolute atomic E-state index is 0.0945. The van der Waals surface area contributed by atoms with Gasteiger partial charge < -0.3 is 14.9 Å². The topological polar surface area (TPSA) is 88.5 Å². The normalized spacial score (nSPS) is 12.6. The van der Waals surface area contributed by atoms with Crippen molar-refractivity contribution in [2.45, 2.75) is 33.4 Å². The van der Waals surface area contributed by atoms with Crippen molar-refractivity contribution >= 4 is 0 Å². The van der Waals surface area contributed by atoms with Crippen molar-refractivity contribution in [1.82, 2.24) is 30.0 Å². The number of aromatic amines is 1. The van der Waals surface area contributed by atoms with Gasteiger partial charge in [-0.2, -0.15) is 0 Å². The van der Waals surface area contributed by atoms with Crippen LogP contribution in [0, 0.1) is 13.8 Å². The van der Waals surface area contributed by atoms with Crippen LogP contribution in [-0.2, 0) is 13.6 Å². The number of aromatic nitrogens is 5. The van der Waals surface area contributed by atoms with Gasteiger partial charge in [-0.25, -0.2) is 4.98 Å². The zero-order chi connectivity index (χ0) is 14.0. The van der Waals surface area contributed by atoms with Gasteiger partial charge in [0.05, 0.1) is 12.1 Å². The highest BCUT2D eigenvalue weighted by Gasteiger charge is 2.14. The van der Waals surface area contributed by atoms with Crippen molar-refractivity contribution in [2.24, 2.45) is 7.05 Å². The quantitative estimate of drug-likeness (QED) is 0.831. The first-order valence-electron chi connectivity index (χ1n) is 6.12. The third-order valence-corrected chi connectivity index (χ3v) is 3.07. The molecule has 0 aromatic carbocycles. The van der Waals surface area contributed by atoms with Gasteiger partial charge in [0.1, 0.15) is 18.0 Å². The number of hydrogen-bond donors (Lipinski definition) is 2. The molecule has 7 nitrogen and oxygen atoms in total. The minimum atomic E-state index is -0.103. The van der Waals surface area contributed by atoms with Crippen LogP contribution in [0.3, 0.4) is 0 Å². The van der Waals surface area contributed by atoms with Gasteiger partial charge in [-0.3, -0.25) is 4.79 Å². The molecule has 0 radical (unpaired) electrons. The van der Waals surface area contributed by atoms with Gasteiger partial charge >= 0.3 is 0 Å². The molecule has 0 aliphatic carbocycles. The number of hydrogen-bond acceptors (Lipinski definition) is 5. The van der Waals surface area contributed by atoms with Crippen molar-refractivity contribution in [3.8, 4) is 0 Å². The van der Waals surface area contributed by atoms with E-state index in [4.69, 9.17) is 0 Å². The van der Waals surface area contributed by atoms with Gasteiger partial charge in [-0.1, -0.05) is 0 Å². The summed E-state index contributed by atoms with van der Waals surface area (Å²) in [5.74, 6) is 1.45. The maximum atomic E-state index is 12.0. The summed E-state index contributed by atoms with van der Waals surface area (Å²) in [6.07, 6.45) is 1.65. The maximum Gasteiger partial charge on any atom is 0.255 e. The Bertz CT molecular complexity index is 629. The fourth-order valence-corrected chi connectivity index (χ4v) is 2.06. The van der Waals surface area contributed by atoms with Gasteiger partial charge in [0.2, 0.25) is 0 Å². The van der Waals surface area contributed by atoms with E-state index < -0.39 is 0 Å². The highest BCUT2D eigenvalue weighted by atomic mass is 16.1. The molecule has 2 rings (SSSR count). The standard InChI is InChI=1S/C12H18N6O/c1-7(13-5-10-17-14-6-18(10)4)11-8(2)15-9(3)16-12(11)19/h6-7,13H,5H2,1-4H3,(H,15,16,19). The van der Waals surface area contributed by atoms with Gasteiger partial charge in [0.25, 0.3) is 5.56 Å².